The highest BCUT2D eigenvalue weighted by molar-refractivity contribution is 7.92. The van der Waals surface area contributed by atoms with Crippen molar-refractivity contribution in [3.63, 3.8) is 0 Å². The first-order valence-electron chi connectivity index (χ1n) is 8.38. The number of benzene rings is 2. The van der Waals surface area contributed by atoms with Gasteiger partial charge in [0, 0.05) is 28.8 Å². The number of hydrogen-bond acceptors (Lipinski definition) is 4. The van der Waals surface area contributed by atoms with Gasteiger partial charge in [-0.2, -0.15) is 13.2 Å². The van der Waals surface area contributed by atoms with Gasteiger partial charge in [0.15, 0.2) is 0 Å². The van der Waals surface area contributed by atoms with E-state index in [4.69, 9.17) is 11.6 Å². The number of nitrogens with one attached hydrogen (secondary N) is 2. The number of pyridine rings is 1. The molecule has 0 spiro atoms. The Kier molecular flexibility index (Phi) is 6.18. The fourth-order valence-electron chi connectivity index (χ4n) is 2.54. The van der Waals surface area contributed by atoms with Crippen molar-refractivity contribution in [3.8, 4) is 0 Å². The fraction of sp³-hybridized carbons (Fsp3) is 0.0526. The summed E-state index contributed by atoms with van der Waals surface area (Å²) in [5, 5.41) is 2.48. The van der Waals surface area contributed by atoms with Crippen LogP contribution in [0.3, 0.4) is 0 Å². The minimum Gasteiger partial charge on any atom is -0.322 e. The van der Waals surface area contributed by atoms with Crippen LogP contribution in [0.4, 0.5) is 28.9 Å². The standard InChI is InChI=1S/C19H12ClF4N3O3S/c20-11-1-3-12(4-2-11)27-31(29,30)17-9-13(5-6-16(17)21)26-18(28)14-10-25-8-7-15(14)19(22,23)24/h1-10,27H,(H,26,28). The molecular formula is C19H12ClF4N3O3S. The van der Waals surface area contributed by atoms with Crippen molar-refractivity contribution in [2.24, 2.45) is 0 Å². The van der Waals surface area contributed by atoms with Crippen molar-refractivity contribution in [3.05, 3.63) is 82.9 Å². The summed E-state index contributed by atoms with van der Waals surface area (Å²) in [6.45, 7) is 0. The molecule has 1 aromatic heterocycles. The molecule has 0 saturated carbocycles. The van der Waals surface area contributed by atoms with E-state index in [2.05, 4.69) is 15.0 Å². The van der Waals surface area contributed by atoms with Crippen LogP contribution in [0.5, 0.6) is 0 Å². The number of sulfonamides is 1. The highest BCUT2D eigenvalue weighted by Crippen LogP contribution is 2.32. The number of amides is 1. The first-order valence-corrected chi connectivity index (χ1v) is 10.2. The average molecular weight is 474 g/mol. The second-order valence-electron chi connectivity index (χ2n) is 6.13. The van der Waals surface area contributed by atoms with E-state index in [1.807, 2.05) is 0 Å². The van der Waals surface area contributed by atoms with E-state index in [9.17, 15) is 30.8 Å². The Hall–Kier alpha value is -3.18. The smallest absolute Gasteiger partial charge is 0.322 e. The fourth-order valence-corrected chi connectivity index (χ4v) is 3.83. The van der Waals surface area contributed by atoms with Crippen molar-refractivity contribution < 1.29 is 30.8 Å². The predicted molar refractivity (Wildman–Crippen MR) is 106 cm³/mol. The lowest BCUT2D eigenvalue weighted by atomic mass is 10.1. The normalized spacial score (nSPS) is 11.8. The van der Waals surface area contributed by atoms with Crippen LogP contribution in [0.15, 0.2) is 65.8 Å². The molecule has 2 N–H and O–H groups in total. The maximum atomic E-state index is 14.2. The number of hydrogen-bond donors (Lipinski definition) is 2. The number of carbonyl (C=O) groups excluding carboxylic acids is 1. The Bertz CT molecular complexity index is 1230. The Morgan fingerprint density at radius 2 is 1.65 bits per heavy atom. The minimum absolute atomic E-state index is 0.100. The molecule has 0 radical (unpaired) electrons. The summed E-state index contributed by atoms with van der Waals surface area (Å²) in [6, 6.07) is 8.73. The van der Waals surface area contributed by atoms with Crippen LogP contribution in [-0.4, -0.2) is 19.3 Å². The van der Waals surface area contributed by atoms with Gasteiger partial charge in [-0.05, 0) is 48.5 Å². The number of nitrogens with zero attached hydrogens (tertiary/aromatic N) is 1. The van der Waals surface area contributed by atoms with Crippen molar-refractivity contribution >= 4 is 38.9 Å². The van der Waals surface area contributed by atoms with Crippen LogP contribution in [0.2, 0.25) is 5.02 Å². The highest BCUT2D eigenvalue weighted by Gasteiger charge is 2.35. The number of alkyl halides is 3. The van der Waals surface area contributed by atoms with E-state index in [0.29, 0.717) is 11.1 Å². The molecule has 0 aliphatic heterocycles. The van der Waals surface area contributed by atoms with Gasteiger partial charge in [-0.15, -0.1) is 0 Å². The molecule has 0 bridgehead atoms. The van der Waals surface area contributed by atoms with Crippen LogP contribution in [0.1, 0.15) is 15.9 Å². The van der Waals surface area contributed by atoms with Gasteiger partial charge in [-0.3, -0.25) is 14.5 Å². The number of aromatic nitrogens is 1. The molecule has 1 amide bonds. The SMILES string of the molecule is O=C(Nc1ccc(F)c(S(=O)(=O)Nc2ccc(Cl)cc2)c1)c1cnccc1C(F)(F)F. The molecule has 162 valence electrons. The van der Waals surface area contributed by atoms with Gasteiger partial charge in [0.05, 0.1) is 11.1 Å². The van der Waals surface area contributed by atoms with Crippen molar-refractivity contribution in [2.45, 2.75) is 11.1 Å². The minimum atomic E-state index is -4.81. The molecule has 0 aliphatic rings. The lowest BCUT2D eigenvalue weighted by molar-refractivity contribution is -0.138. The Morgan fingerprint density at radius 3 is 2.29 bits per heavy atom. The average Bonchev–Trinajstić information content (AvgIpc) is 2.70. The molecule has 31 heavy (non-hydrogen) atoms. The third-order valence-electron chi connectivity index (χ3n) is 3.95. The van der Waals surface area contributed by atoms with Crippen LogP contribution in [0, 0.1) is 5.82 Å². The molecule has 0 saturated heterocycles. The topological polar surface area (TPSA) is 88.2 Å². The zero-order valence-electron chi connectivity index (χ0n) is 15.2. The zero-order valence-corrected chi connectivity index (χ0v) is 16.8. The van der Waals surface area contributed by atoms with E-state index in [0.717, 1.165) is 30.6 Å². The molecule has 12 heteroatoms. The van der Waals surface area contributed by atoms with E-state index < -0.39 is 43.9 Å². The van der Waals surface area contributed by atoms with Gasteiger partial charge in [-0.1, -0.05) is 11.6 Å². The quantitative estimate of drug-likeness (QED) is 0.513. The number of halogens is 5. The summed E-state index contributed by atoms with van der Waals surface area (Å²) in [5.41, 5.74) is -2.13. The third-order valence-corrected chi connectivity index (χ3v) is 5.59. The Morgan fingerprint density at radius 1 is 1.00 bits per heavy atom. The summed E-state index contributed by atoms with van der Waals surface area (Å²) in [5.74, 6) is -2.32. The van der Waals surface area contributed by atoms with Gasteiger partial charge < -0.3 is 5.32 Å². The first kappa shape index (κ1) is 22.5. The molecule has 6 nitrogen and oxygen atoms in total. The van der Waals surface area contributed by atoms with Crippen LogP contribution in [0.25, 0.3) is 0 Å². The second-order valence-corrected chi connectivity index (χ2v) is 8.22. The molecule has 2 aromatic carbocycles. The molecule has 0 aliphatic carbocycles. The number of anilines is 2. The highest BCUT2D eigenvalue weighted by atomic mass is 35.5. The number of carbonyl (C=O) groups is 1. The molecule has 0 unspecified atom stereocenters. The van der Waals surface area contributed by atoms with Gasteiger partial charge >= 0.3 is 6.18 Å². The van der Waals surface area contributed by atoms with E-state index in [1.165, 1.54) is 24.3 Å². The van der Waals surface area contributed by atoms with Gasteiger partial charge in [0.1, 0.15) is 10.7 Å². The van der Waals surface area contributed by atoms with Gasteiger partial charge in [-0.25, -0.2) is 12.8 Å². The summed E-state index contributed by atoms with van der Waals surface area (Å²) >= 11 is 5.73. The Labute approximate surface area is 178 Å². The maximum Gasteiger partial charge on any atom is 0.417 e. The number of rotatable bonds is 5. The van der Waals surface area contributed by atoms with E-state index >= 15 is 0 Å². The molecule has 1 heterocycles. The van der Waals surface area contributed by atoms with Gasteiger partial charge in [0.25, 0.3) is 15.9 Å². The third kappa shape index (κ3) is 5.30. The largest absolute Gasteiger partial charge is 0.417 e. The summed E-state index contributed by atoms with van der Waals surface area (Å²) in [7, 11) is -4.42. The first-order chi connectivity index (χ1) is 14.5. The van der Waals surface area contributed by atoms with Crippen LogP contribution < -0.4 is 10.0 Å². The lowest BCUT2D eigenvalue weighted by Gasteiger charge is -2.13. The molecule has 0 atom stereocenters. The molecular weight excluding hydrogens is 462 g/mol. The summed E-state index contributed by atoms with van der Waals surface area (Å²) in [6.07, 6.45) is -3.21. The van der Waals surface area contributed by atoms with Crippen LogP contribution >= 0.6 is 11.6 Å². The van der Waals surface area contributed by atoms with Crippen LogP contribution in [-0.2, 0) is 16.2 Å². The van der Waals surface area contributed by atoms with Crippen molar-refractivity contribution in [2.75, 3.05) is 10.0 Å². The predicted octanol–water partition coefficient (Wildman–Crippen LogP) is 4.95. The van der Waals surface area contributed by atoms with Gasteiger partial charge in [0.2, 0.25) is 0 Å². The Balaban J connectivity index is 1.90. The van der Waals surface area contributed by atoms with Crippen molar-refractivity contribution in [1.29, 1.82) is 0 Å². The monoisotopic (exact) mass is 473 g/mol. The van der Waals surface area contributed by atoms with E-state index in [-0.39, 0.29) is 11.4 Å². The lowest BCUT2D eigenvalue weighted by Crippen LogP contribution is -2.20. The van der Waals surface area contributed by atoms with Crippen molar-refractivity contribution in [1.82, 2.24) is 4.98 Å². The second kappa shape index (κ2) is 8.52. The van der Waals surface area contributed by atoms with E-state index in [1.54, 1.807) is 0 Å². The summed E-state index contributed by atoms with van der Waals surface area (Å²) in [4.78, 5) is 15.0. The molecule has 3 aromatic rings. The molecule has 0 fully saturated rings. The maximum absolute atomic E-state index is 14.2. The zero-order chi connectivity index (χ0) is 22.8. The summed E-state index contributed by atoms with van der Waals surface area (Å²) < 4.78 is 80.7. The molecule has 3 rings (SSSR count).